The minimum atomic E-state index is 0.694. The zero-order valence-electron chi connectivity index (χ0n) is 10.4. The second kappa shape index (κ2) is 4.64. The molecule has 4 nitrogen and oxygen atoms in total. The SMILES string of the molecule is CCNc1nccc(N2CCc3ccccc32)n1. The Kier molecular flexibility index (Phi) is 2.84. The maximum Gasteiger partial charge on any atom is 0.224 e. The molecule has 1 aliphatic heterocycles. The molecule has 1 aliphatic rings. The summed E-state index contributed by atoms with van der Waals surface area (Å²) in [6.45, 7) is 3.86. The van der Waals surface area contributed by atoms with Crippen molar-refractivity contribution in [3.8, 4) is 0 Å². The molecule has 1 N–H and O–H groups in total. The van der Waals surface area contributed by atoms with E-state index >= 15 is 0 Å². The maximum atomic E-state index is 4.55. The number of fused-ring (bicyclic) bond motifs is 1. The van der Waals surface area contributed by atoms with Gasteiger partial charge in [0.15, 0.2) is 0 Å². The van der Waals surface area contributed by atoms with Gasteiger partial charge in [-0.1, -0.05) is 18.2 Å². The van der Waals surface area contributed by atoms with Gasteiger partial charge >= 0.3 is 0 Å². The van der Waals surface area contributed by atoms with Gasteiger partial charge in [0.2, 0.25) is 5.95 Å². The quantitative estimate of drug-likeness (QED) is 0.895. The zero-order valence-corrected chi connectivity index (χ0v) is 10.4. The highest BCUT2D eigenvalue weighted by molar-refractivity contribution is 5.67. The van der Waals surface area contributed by atoms with Crippen LogP contribution in [0.3, 0.4) is 0 Å². The van der Waals surface area contributed by atoms with Gasteiger partial charge in [0.25, 0.3) is 0 Å². The normalized spacial score (nSPS) is 13.5. The molecule has 0 fully saturated rings. The van der Waals surface area contributed by atoms with Crippen molar-refractivity contribution in [1.82, 2.24) is 9.97 Å². The fourth-order valence-electron chi connectivity index (χ4n) is 2.32. The molecular formula is C14H16N4. The monoisotopic (exact) mass is 240 g/mol. The second-order valence-electron chi connectivity index (χ2n) is 4.30. The molecule has 4 heteroatoms. The zero-order chi connectivity index (χ0) is 12.4. The van der Waals surface area contributed by atoms with Crippen molar-refractivity contribution < 1.29 is 0 Å². The first-order valence-corrected chi connectivity index (χ1v) is 6.31. The number of nitrogens with one attached hydrogen (secondary N) is 1. The van der Waals surface area contributed by atoms with E-state index < -0.39 is 0 Å². The van der Waals surface area contributed by atoms with E-state index in [2.05, 4.69) is 44.5 Å². The fourth-order valence-corrected chi connectivity index (χ4v) is 2.32. The van der Waals surface area contributed by atoms with Crippen LogP contribution in [0.4, 0.5) is 17.5 Å². The molecule has 1 aromatic carbocycles. The summed E-state index contributed by atoms with van der Waals surface area (Å²) < 4.78 is 0. The Morgan fingerprint density at radius 3 is 3.06 bits per heavy atom. The van der Waals surface area contributed by atoms with E-state index in [1.807, 2.05) is 13.0 Å². The summed E-state index contributed by atoms with van der Waals surface area (Å²) in [5.41, 5.74) is 2.65. The van der Waals surface area contributed by atoms with Crippen LogP contribution in [0.1, 0.15) is 12.5 Å². The molecule has 2 heterocycles. The topological polar surface area (TPSA) is 41.1 Å². The molecule has 0 saturated carbocycles. The number of benzene rings is 1. The van der Waals surface area contributed by atoms with Gasteiger partial charge < -0.3 is 10.2 Å². The number of nitrogens with zero attached hydrogens (tertiary/aromatic N) is 3. The molecule has 0 aliphatic carbocycles. The molecule has 0 radical (unpaired) electrons. The number of rotatable bonds is 3. The summed E-state index contributed by atoms with van der Waals surface area (Å²) in [4.78, 5) is 11.0. The van der Waals surface area contributed by atoms with E-state index in [9.17, 15) is 0 Å². The molecule has 0 saturated heterocycles. The van der Waals surface area contributed by atoms with Crippen LogP contribution in [0, 0.1) is 0 Å². The van der Waals surface area contributed by atoms with Gasteiger partial charge in [-0.25, -0.2) is 4.98 Å². The van der Waals surface area contributed by atoms with Crippen molar-refractivity contribution in [3.63, 3.8) is 0 Å². The van der Waals surface area contributed by atoms with Crippen molar-refractivity contribution in [2.45, 2.75) is 13.3 Å². The Bertz CT molecular complexity index is 553. The van der Waals surface area contributed by atoms with Gasteiger partial charge in [-0.05, 0) is 31.0 Å². The Hall–Kier alpha value is -2.10. The number of para-hydroxylation sites is 1. The highest BCUT2D eigenvalue weighted by Crippen LogP contribution is 2.33. The lowest BCUT2D eigenvalue weighted by atomic mass is 10.2. The molecule has 18 heavy (non-hydrogen) atoms. The van der Waals surface area contributed by atoms with Crippen molar-refractivity contribution in [2.24, 2.45) is 0 Å². The summed E-state index contributed by atoms with van der Waals surface area (Å²) in [5, 5.41) is 3.15. The smallest absolute Gasteiger partial charge is 0.224 e. The predicted molar refractivity (Wildman–Crippen MR) is 73.3 cm³/mol. The average Bonchev–Trinajstić information content (AvgIpc) is 2.83. The largest absolute Gasteiger partial charge is 0.354 e. The van der Waals surface area contributed by atoms with E-state index in [0.29, 0.717) is 5.95 Å². The van der Waals surface area contributed by atoms with Gasteiger partial charge in [0.1, 0.15) is 5.82 Å². The third kappa shape index (κ3) is 1.90. The van der Waals surface area contributed by atoms with Crippen LogP contribution in [-0.2, 0) is 6.42 Å². The number of anilines is 3. The second-order valence-corrected chi connectivity index (χ2v) is 4.30. The lowest BCUT2D eigenvalue weighted by Crippen LogP contribution is -2.16. The van der Waals surface area contributed by atoms with Crippen molar-refractivity contribution >= 4 is 17.5 Å². The molecule has 0 atom stereocenters. The minimum Gasteiger partial charge on any atom is -0.354 e. The van der Waals surface area contributed by atoms with E-state index in [1.54, 1.807) is 6.20 Å². The van der Waals surface area contributed by atoms with E-state index in [0.717, 1.165) is 25.3 Å². The Morgan fingerprint density at radius 1 is 1.28 bits per heavy atom. The van der Waals surface area contributed by atoms with Crippen molar-refractivity contribution in [3.05, 3.63) is 42.1 Å². The first kappa shape index (κ1) is 11.0. The molecule has 1 aromatic heterocycles. The first-order valence-electron chi connectivity index (χ1n) is 6.31. The number of hydrogen-bond donors (Lipinski definition) is 1. The first-order chi connectivity index (χ1) is 8.88. The summed E-state index contributed by atoms with van der Waals surface area (Å²) in [7, 11) is 0. The number of aromatic nitrogens is 2. The fraction of sp³-hybridized carbons (Fsp3) is 0.286. The molecule has 0 unspecified atom stereocenters. The van der Waals surface area contributed by atoms with Crippen LogP contribution >= 0.6 is 0 Å². The molecule has 3 rings (SSSR count). The van der Waals surface area contributed by atoms with Crippen LogP contribution in [0.5, 0.6) is 0 Å². The van der Waals surface area contributed by atoms with Gasteiger partial charge in [0, 0.05) is 25.0 Å². The molecule has 0 spiro atoms. The predicted octanol–water partition coefficient (Wildman–Crippen LogP) is 2.60. The Labute approximate surface area is 107 Å². The van der Waals surface area contributed by atoms with Gasteiger partial charge in [-0.15, -0.1) is 0 Å². The van der Waals surface area contributed by atoms with Gasteiger partial charge in [0.05, 0.1) is 0 Å². The standard InChI is InChI=1S/C14H16N4/c1-2-15-14-16-9-7-13(17-14)18-10-8-11-5-3-4-6-12(11)18/h3-7,9H,2,8,10H2,1H3,(H,15,16,17). The molecule has 2 aromatic rings. The lowest BCUT2D eigenvalue weighted by molar-refractivity contribution is 0.961. The molecular weight excluding hydrogens is 224 g/mol. The summed E-state index contributed by atoms with van der Waals surface area (Å²) in [6, 6.07) is 10.5. The maximum absolute atomic E-state index is 4.55. The van der Waals surface area contributed by atoms with E-state index in [1.165, 1.54) is 11.3 Å². The van der Waals surface area contributed by atoms with Crippen LogP contribution < -0.4 is 10.2 Å². The Balaban J connectivity index is 1.94. The minimum absolute atomic E-state index is 0.694. The highest BCUT2D eigenvalue weighted by Gasteiger charge is 2.20. The van der Waals surface area contributed by atoms with E-state index in [-0.39, 0.29) is 0 Å². The summed E-state index contributed by atoms with van der Waals surface area (Å²) in [5.74, 6) is 1.66. The number of hydrogen-bond acceptors (Lipinski definition) is 4. The van der Waals surface area contributed by atoms with Crippen LogP contribution in [0.15, 0.2) is 36.5 Å². The molecule has 92 valence electrons. The highest BCUT2D eigenvalue weighted by atomic mass is 15.2. The third-order valence-electron chi connectivity index (χ3n) is 3.14. The van der Waals surface area contributed by atoms with Crippen molar-refractivity contribution in [2.75, 3.05) is 23.3 Å². The van der Waals surface area contributed by atoms with E-state index in [4.69, 9.17) is 0 Å². The molecule has 0 amide bonds. The third-order valence-corrected chi connectivity index (χ3v) is 3.14. The average molecular weight is 240 g/mol. The van der Waals surface area contributed by atoms with Crippen LogP contribution in [0.2, 0.25) is 0 Å². The summed E-state index contributed by atoms with van der Waals surface area (Å²) >= 11 is 0. The van der Waals surface area contributed by atoms with Crippen LogP contribution in [-0.4, -0.2) is 23.1 Å². The van der Waals surface area contributed by atoms with Crippen LogP contribution in [0.25, 0.3) is 0 Å². The molecule has 0 bridgehead atoms. The lowest BCUT2D eigenvalue weighted by Gasteiger charge is -2.18. The Morgan fingerprint density at radius 2 is 2.17 bits per heavy atom. The summed E-state index contributed by atoms with van der Waals surface area (Å²) in [6.07, 6.45) is 2.89. The van der Waals surface area contributed by atoms with Gasteiger partial charge in [-0.2, -0.15) is 4.98 Å². The van der Waals surface area contributed by atoms with Gasteiger partial charge in [-0.3, -0.25) is 0 Å². The van der Waals surface area contributed by atoms with Crippen molar-refractivity contribution in [1.29, 1.82) is 0 Å².